The lowest BCUT2D eigenvalue weighted by atomic mass is 9.80. The summed E-state index contributed by atoms with van der Waals surface area (Å²) in [5.74, 6) is -0.712. The van der Waals surface area contributed by atoms with Crippen LogP contribution in [0.4, 0.5) is 10.1 Å². The summed E-state index contributed by atoms with van der Waals surface area (Å²) in [6, 6.07) is 16.6. The number of benzene rings is 2. The Morgan fingerprint density at radius 3 is 2.81 bits per heavy atom. The predicted octanol–water partition coefficient (Wildman–Crippen LogP) is 4.73. The van der Waals surface area contributed by atoms with E-state index in [0.29, 0.717) is 11.3 Å². The van der Waals surface area contributed by atoms with Gasteiger partial charge in [-0.2, -0.15) is 10.1 Å². The van der Waals surface area contributed by atoms with Crippen LogP contribution in [0.2, 0.25) is 0 Å². The quantitative estimate of drug-likeness (QED) is 0.628. The first-order chi connectivity index (χ1) is 15.2. The average molecular weight is 409 g/mol. The Balaban J connectivity index is 1.41. The first kappa shape index (κ1) is 18.2. The monoisotopic (exact) mass is 409 g/mol. The highest BCUT2D eigenvalue weighted by atomic mass is 19.1. The number of halogens is 1. The van der Waals surface area contributed by atoms with Crippen LogP contribution < -0.4 is 5.01 Å². The lowest BCUT2D eigenvalue weighted by molar-refractivity contribution is -0.114. The van der Waals surface area contributed by atoms with E-state index in [2.05, 4.69) is 22.2 Å². The Morgan fingerprint density at radius 2 is 1.90 bits per heavy atom. The molecule has 1 atom stereocenters. The molecular weight excluding hydrogens is 389 g/mol. The zero-order chi connectivity index (χ0) is 20.9. The predicted molar refractivity (Wildman–Crippen MR) is 118 cm³/mol. The minimum atomic E-state index is -0.464. The number of pyridine rings is 1. The molecule has 1 aromatic heterocycles. The molecule has 3 aliphatic rings. The van der Waals surface area contributed by atoms with Gasteiger partial charge in [-0.15, -0.1) is 0 Å². The molecule has 0 saturated carbocycles. The summed E-state index contributed by atoms with van der Waals surface area (Å²) < 4.78 is 14.4. The van der Waals surface area contributed by atoms with Crippen molar-refractivity contribution < 1.29 is 9.18 Å². The van der Waals surface area contributed by atoms with Crippen LogP contribution in [-0.2, 0) is 24.1 Å². The fourth-order valence-corrected chi connectivity index (χ4v) is 4.89. The van der Waals surface area contributed by atoms with Crippen molar-refractivity contribution in [2.75, 3.05) is 5.01 Å². The Morgan fingerprint density at radius 1 is 1.06 bits per heavy atom. The standard InChI is InChI=1S/C26H20FN3O/c27-22-9-3-4-11-24(22)30-26(31)21-14-18(19-7-1-2-8-20(19)25(21)29-30)13-16-12-17-6-5-10-23(17)28-15-16/h1-4,7-9,11-12,14-15,18H,5-6,10,13H2. The molecule has 152 valence electrons. The third kappa shape index (κ3) is 2.92. The number of hydrogen-bond acceptors (Lipinski definition) is 3. The average Bonchev–Trinajstić information content (AvgIpc) is 3.39. The first-order valence-corrected chi connectivity index (χ1v) is 10.6. The number of aryl methyl sites for hydroxylation is 2. The number of carbonyl (C=O) groups excluding carboxylic acids is 1. The highest BCUT2D eigenvalue weighted by Gasteiger charge is 2.38. The van der Waals surface area contributed by atoms with Crippen molar-refractivity contribution in [3.8, 4) is 0 Å². The molecule has 0 radical (unpaired) electrons. The van der Waals surface area contributed by atoms with Gasteiger partial charge in [0.05, 0.1) is 5.57 Å². The number of nitrogens with zero attached hydrogens (tertiary/aromatic N) is 3. The van der Waals surface area contributed by atoms with Crippen molar-refractivity contribution in [2.45, 2.75) is 31.6 Å². The molecule has 1 unspecified atom stereocenters. The highest BCUT2D eigenvalue weighted by molar-refractivity contribution is 6.36. The largest absolute Gasteiger partial charge is 0.280 e. The Kier molecular flexibility index (Phi) is 4.10. The second-order valence-electron chi connectivity index (χ2n) is 8.30. The fraction of sp³-hybridized carbons (Fsp3) is 0.192. The minimum absolute atomic E-state index is 0.0379. The molecule has 0 N–H and O–H groups in total. The van der Waals surface area contributed by atoms with Gasteiger partial charge < -0.3 is 0 Å². The number of rotatable bonds is 3. The molecule has 2 aliphatic carbocycles. The fourth-order valence-electron chi connectivity index (χ4n) is 4.89. The molecule has 1 amide bonds. The zero-order valence-corrected chi connectivity index (χ0v) is 16.9. The minimum Gasteiger partial charge on any atom is -0.267 e. The third-order valence-electron chi connectivity index (χ3n) is 6.37. The van der Waals surface area contributed by atoms with Gasteiger partial charge in [-0.1, -0.05) is 48.5 Å². The lowest BCUT2D eigenvalue weighted by Crippen LogP contribution is -2.24. The van der Waals surface area contributed by atoms with Crippen molar-refractivity contribution in [1.29, 1.82) is 0 Å². The van der Waals surface area contributed by atoms with Gasteiger partial charge in [0.25, 0.3) is 5.91 Å². The molecule has 0 saturated heterocycles. The van der Waals surface area contributed by atoms with E-state index in [1.807, 2.05) is 30.5 Å². The summed E-state index contributed by atoms with van der Waals surface area (Å²) >= 11 is 0. The van der Waals surface area contributed by atoms with Crippen molar-refractivity contribution in [1.82, 2.24) is 4.98 Å². The maximum Gasteiger partial charge on any atom is 0.280 e. The van der Waals surface area contributed by atoms with Crippen molar-refractivity contribution >= 4 is 17.3 Å². The van der Waals surface area contributed by atoms with E-state index in [-0.39, 0.29) is 17.5 Å². The summed E-state index contributed by atoms with van der Waals surface area (Å²) in [5, 5.41) is 5.72. The number of aromatic nitrogens is 1. The van der Waals surface area contributed by atoms with Gasteiger partial charge in [-0.25, -0.2) is 4.39 Å². The summed E-state index contributed by atoms with van der Waals surface area (Å²) in [4.78, 5) is 17.9. The number of amides is 1. The molecule has 6 rings (SSSR count). The molecule has 0 fully saturated rings. The first-order valence-electron chi connectivity index (χ1n) is 10.6. The number of hydrogen-bond donors (Lipinski definition) is 0. The Bertz CT molecular complexity index is 1290. The molecular formula is C26H20FN3O. The molecule has 31 heavy (non-hydrogen) atoms. The smallest absolute Gasteiger partial charge is 0.267 e. The summed E-state index contributed by atoms with van der Waals surface area (Å²) in [5.41, 5.74) is 7.14. The second kappa shape index (κ2) is 6.98. The van der Waals surface area contributed by atoms with Gasteiger partial charge in [0.1, 0.15) is 17.2 Å². The van der Waals surface area contributed by atoms with E-state index in [1.165, 1.54) is 34.3 Å². The maximum absolute atomic E-state index is 14.4. The molecule has 2 heterocycles. The van der Waals surface area contributed by atoms with Gasteiger partial charge in [-0.05, 0) is 54.5 Å². The van der Waals surface area contributed by atoms with E-state index in [0.717, 1.165) is 30.4 Å². The van der Waals surface area contributed by atoms with E-state index in [4.69, 9.17) is 0 Å². The van der Waals surface area contributed by atoms with Gasteiger partial charge in [0, 0.05) is 23.4 Å². The van der Waals surface area contributed by atoms with Gasteiger partial charge in [-0.3, -0.25) is 9.78 Å². The molecule has 4 nitrogen and oxygen atoms in total. The van der Waals surface area contributed by atoms with Crippen LogP contribution in [0.3, 0.4) is 0 Å². The molecule has 3 aromatic rings. The van der Waals surface area contributed by atoms with Crippen LogP contribution in [-0.4, -0.2) is 16.6 Å². The molecule has 0 spiro atoms. The number of fused-ring (bicyclic) bond motifs is 4. The van der Waals surface area contributed by atoms with Crippen molar-refractivity contribution in [3.63, 3.8) is 0 Å². The van der Waals surface area contributed by atoms with E-state index >= 15 is 0 Å². The highest BCUT2D eigenvalue weighted by Crippen LogP contribution is 2.38. The Labute approximate surface area is 179 Å². The van der Waals surface area contributed by atoms with Crippen LogP contribution in [0.15, 0.2) is 77.5 Å². The topological polar surface area (TPSA) is 45.6 Å². The lowest BCUT2D eigenvalue weighted by Gasteiger charge is -2.23. The number of hydrazone groups is 1. The zero-order valence-electron chi connectivity index (χ0n) is 16.9. The van der Waals surface area contributed by atoms with Gasteiger partial charge in [0.15, 0.2) is 0 Å². The van der Waals surface area contributed by atoms with Crippen LogP contribution in [0.25, 0.3) is 0 Å². The number of allylic oxidation sites excluding steroid dienone is 1. The van der Waals surface area contributed by atoms with Crippen molar-refractivity contribution in [2.24, 2.45) is 5.10 Å². The number of para-hydroxylation sites is 1. The van der Waals surface area contributed by atoms with E-state index in [9.17, 15) is 9.18 Å². The molecule has 2 aromatic carbocycles. The normalized spacial score (nSPS) is 18.9. The second-order valence-corrected chi connectivity index (χ2v) is 8.30. The van der Waals surface area contributed by atoms with Crippen LogP contribution in [0, 0.1) is 5.82 Å². The SMILES string of the molecule is O=C1C2=CC(Cc3cnc4c(c3)CCC4)c3ccccc3C2=NN1c1ccccc1F. The summed E-state index contributed by atoms with van der Waals surface area (Å²) in [6.45, 7) is 0. The van der Waals surface area contributed by atoms with Crippen LogP contribution in [0.5, 0.6) is 0 Å². The van der Waals surface area contributed by atoms with E-state index < -0.39 is 5.82 Å². The van der Waals surface area contributed by atoms with Crippen molar-refractivity contribution in [3.05, 3.63) is 106 Å². The molecule has 1 aliphatic heterocycles. The third-order valence-corrected chi connectivity index (χ3v) is 6.37. The molecule has 0 bridgehead atoms. The Hall–Kier alpha value is -3.60. The van der Waals surface area contributed by atoms with E-state index in [1.54, 1.807) is 18.2 Å². The van der Waals surface area contributed by atoms with Gasteiger partial charge >= 0.3 is 0 Å². The summed E-state index contributed by atoms with van der Waals surface area (Å²) in [7, 11) is 0. The summed E-state index contributed by atoms with van der Waals surface area (Å²) in [6.07, 6.45) is 8.05. The maximum atomic E-state index is 14.4. The number of carbonyl (C=O) groups is 1. The van der Waals surface area contributed by atoms with Crippen LogP contribution in [0.1, 0.15) is 40.3 Å². The van der Waals surface area contributed by atoms with Gasteiger partial charge in [0.2, 0.25) is 0 Å². The number of anilines is 1. The van der Waals surface area contributed by atoms with Crippen LogP contribution >= 0.6 is 0 Å². The molecule has 5 heteroatoms.